The Bertz CT molecular complexity index is 586. The van der Waals surface area contributed by atoms with E-state index in [2.05, 4.69) is 17.1 Å². The molecule has 0 aromatic heterocycles. The third-order valence-electron chi connectivity index (χ3n) is 3.87. The molecule has 118 valence electrons. The second-order valence-electron chi connectivity index (χ2n) is 5.51. The summed E-state index contributed by atoms with van der Waals surface area (Å²) in [6, 6.07) is 3.98. The van der Waals surface area contributed by atoms with Crippen LogP contribution in [0.2, 0.25) is 0 Å². The molecule has 1 atom stereocenters. The zero-order valence-electron chi connectivity index (χ0n) is 12.2. The predicted octanol–water partition coefficient (Wildman–Crippen LogP) is 1.76. The van der Waals surface area contributed by atoms with E-state index in [4.69, 9.17) is 5.14 Å². The van der Waals surface area contributed by atoms with Crippen molar-refractivity contribution in [3.63, 3.8) is 0 Å². The summed E-state index contributed by atoms with van der Waals surface area (Å²) in [5.41, 5.74) is 0.297. The first-order valence-corrected chi connectivity index (χ1v) is 8.73. The van der Waals surface area contributed by atoms with Crippen LogP contribution in [0.15, 0.2) is 23.1 Å². The lowest BCUT2D eigenvalue weighted by Gasteiger charge is -2.32. The maximum Gasteiger partial charge on any atom is 0.238 e. The molecule has 1 saturated heterocycles. The molecule has 1 aliphatic heterocycles. The van der Waals surface area contributed by atoms with Gasteiger partial charge in [-0.15, -0.1) is 0 Å². The number of anilines is 1. The Morgan fingerprint density at radius 3 is 2.57 bits per heavy atom. The lowest BCUT2D eigenvalue weighted by Crippen LogP contribution is -2.41. The molecular weight excluding hydrogens is 293 g/mol. The average Bonchev–Trinajstić information content (AvgIpc) is 2.45. The molecule has 0 bridgehead atoms. The molecule has 0 spiro atoms. The van der Waals surface area contributed by atoms with E-state index in [1.54, 1.807) is 0 Å². The summed E-state index contributed by atoms with van der Waals surface area (Å²) in [7, 11) is -3.87. The van der Waals surface area contributed by atoms with Gasteiger partial charge in [-0.3, -0.25) is 4.90 Å². The molecule has 21 heavy (non-hydrogen) atoms. The average molecular weight is 315 g/mol. The number of rotatable bonds is 5. The van der Waals surface area contributed by atoms with Crippen LogP contribution in [-0.4, -0.2) is 39.0 Å². The largest absolute Gasteiger partial charge is 0.381 e. The van der Waals surface area contributed by atoms with Gasteiger partial charge in [0.25, 0.3) is 0 Å². The van der Waals surface area contributed by atoms with Crippen LogP contribution in [0.3, 0.4) is 0 Å². The quantitative estimate of drug-likeness (QED) is 0.868. The van der Waals surface area contributed by atoms with Gasteiger partial charge in [-0.25, -0.2) is 17.9 Å². The Morgan fingerprint density at radius 1 is 1.33 bits per heavy atom. The summed E-state index contributed by atoms with van der Waals surface area (Å²) in [5.74, 6) is -0.604. The van der Waals surface area contributed by atoms with Crippen molar-refractivity contribution in [2.45, 2.75) is 37.1 Å². The van der Waals surface area contributed by atoms with Crippen LogP contribution in [0, 0.1) is 5.82 Å². The number of nitrogens with two attached hydrogens (primary N) is 1. The molecule has 1 heterocycles. The van der Waals surface area contributed by atoms with Crippen LogP contribution in [-0.2, 0) is 10.0 Å². The predicted molar refractivity (Wildman–Crippen MR) is 81.1 cm³/mol. The van der Waals surface area contributed by atoms with E-state index in [0.717, 1.165) is 19.2 Å². The van der Waals surface area contributed by atoms with Crippen LogP contribution in [0.25, 0.3) is 0 Å². The van der Waals surface area contributed by atoms with Crippen LogP contribution in [0.4, 0.5) is 10.1 Å². The fourth-order valence-electron chi connectivity index (χ4n) is 2.56. The number of nitrogens with one attached hydrogen (secondary N) is 1. The Morgan fingerprint density at radius 2 is 2.00 bits per heavy atom. The highest BCUT2D eigenvalue weighted by Gasteiger charge is 2.17. The van der Waals surface area contributed by atoms with Gasteiger partial charge in [0.05, 0.1) is 10.6 Å². The zero-order chi connectivity index (χ0) is 15.5. The van der Waals surface area contributed by atoms with Crippen molar-refractivity contribution < 1.29 is 12.8 Å². The van der Waals surface area contributed by atoms with Gasteiger partial charge in [-0.05, 0) is 51.1 Å². The summed E-state index contributed by atoms with van der Waals surface area (Å²) in [5, 5.41) is 8.01. The highest BCUT2D eigenvalue weighted by atomic mass is 32.2. The number of hydrogen-bond donors (Lipinski definition) is 2. The number of halogens is 1. The molecule has 0 amide bonds. The Hall–Kier alpha value is -1.18. The lowest BCUT2D eigenvalue weighted by molar-refractivity contribution is 0.180. The number of piperidine rings is 1. The monoisotopic (exact) mass is 315 g/mol. The number of benzene rings is 1. The van der Waals surface area contributed by atoms with E-state index in [9.17, 15) is 12.8 Å². The summed E-state index contributed by atoms with van der Waals surface area (Å²) in [6.45, 7) is 4.88. The van der Waals surface area contributed by atoms with Crippen LogP contribution in [0.5, 0.6) is 0 Å². The molecule has 0 aliphatic carbocycles. The van der Waals surface area contributed by atoms with Gasteiger partial charge in [0.2, 0.25) is 10.0 Å². The maximum absolute atomic E-state index is 13.9. The van der Waals surface area contributed by atoms with Crippen molar-refractivity contribution in [1.29, 1.82) is 0 Å². The minimum atomic E-state index is -3.87. The molecule has 7 heteroatoms. The van der Waals surface area contributed by atoms with Crippen LogP contribution in [0.1, 0.15) is 26.2 Å². The standard InChI is InChI=1S/C14H22FN3O2S/c1-11(18-7-3-2-4-8-18)10-17-14-6-5-12(9-13(14)15)21(16,19)20/h5-6,9,11,17H,2-4,7-8,10H2,1H3,(H2,16,19,20). The van der Waals surface area contributed by atoms with E-state index >= 15 is 0 Å². The molecular formula is C14H22FN3O2S. The molecule has 0 saturated carbocycles. The van der Waals surface area contributed by atoms with Gasteiger partial charge in [-0.2, -0.15) is 0 Å². The fraction of sp³-hybridized carbons (Fsp3) is 0.571. The topological polar surface area (TPSA) is 75.4 Å². The number of nitrogens with zero attached hydrogens (tertiary/aromatic N) is 1. The Labute approximate surface area is 125 Å². The zero-order valence-corrected chi connectivity index (χ0v) is 13.0. The molecule has 1 aromatic carbocycles. The first kappa shape index (κ1) is 16.2. The Kier molecular flexibility index (Phi) is 5.18. The number of likely N-dealkylation sites (tertiary alicyclic amines) is 1. The van der Waals surface area contributed by atoms with E-state index in [-0.39, 0.29) is 4.90 Å². The molecule has 5 nitrogen and oxygen atoms in total. The van der Waals surface area contributed by atoms with Gasteiger partial charge in [0.1, 0.15) is 5.82 Å². The summed E-state index contributed by atoms with van der Waals surface area (Å²) in [4.78, 5) is 2.17. The second kappa shape index (κ2) is 6.72. The number of sulfonamides is 1. The van der Waals surface area contributed by atoms with Gasteiger partial charge in [0.15, 0.2) is 0 Å². The minimum Gasteiger partial charge on any atom is -0.381 e. The van der Waals surface area contributed by atoms with Gasteiger partial charge < -0.3 is 5.32 Å². The van der Waals surface area contributed by atoms with Crippen molar-refractivity contribution in [2.24, 2.45) is 5.14 Å². The Balaban J connectivity index is 1.97. The van der Waals surface area contributed by atoms with Crippen molar-refractivity contribution in [2.75, 3.05) is 25.0 Å². The fourth-order valence-corrected chi connectivity index (χ4v) is 3.09. The molecule has 0 radical (unpaired) electrons. The second-order valence-corrected chi connectivity index (χ2v) is 7.07. The maximum atomic E-state index is 13.9. The lowest BCUT2D eigenvalue weighted by atomic mass is 10.1. The van der Waals surface area contributed by atoms with Crippen LogP contribution >= 0.6 is 0 Å². The molecule has 1 fully saturated rings. The highest BCUT2D eigenvalue weighted by molar-refractivity contribution is 7.89. The third-order valence-corrected chi connectivity index (χ3v) is 4.78. The SMILES string of the molecule is CC(CNc1ccc(S(N)(=O)=O)cc1F)N1CCCCC1. The van der Waals surface area contributed by atoms with Gasteiger partial charge >= 0.3 is 0 Å². The highest BCUT2D eigenvalue weighted by Crippen LogP contribution is 2.19. The third kappa shape index (κ3) is 4.39. The normalized spacial score (nSPS) is 18.4. The molecule has 2 rings (SSSR count). The van der Waals surface area contributed by atoms with Crippen molar-refractivity contribution in [3.05, 3.63) is 24.0 Å². The minimum absolute atomic E-state index is 0.213. The van der Waals surface area contributed by atoms with E-state index < -0.39 is 15.8 Å². The molecule has 3 N–H and O–H groups in total. The number of hydrogen-bond acceptors (Lipinski definition) is 4. The van der Waals surface area contributed by atoms with Crippen molar-refractivity contribution in [3.8, 4) is 0 Å². The first-order chi connectivity index (χ1) is 9.88. The molecule has 1 aliphatic rings. The van der Waals surface area contributed by atoms with Gasteiger partial charge in [0, 0.05) is 12.6 Å². The first-order valence-electron chi connectivity index (χ1n) is 7.18. The number of primary sulfonamides is 1. The van der Waals surface area contributed by atoms with Crippen molar-refractivity contribution >= 4 is 15.7 Å². The van der Waals surface area contributed by atoms with Crippen molar-refractivity contribution in [1.82, 2.24) is 4.90 Å². The summed E-state index contributed by atoms with van der Waals surface area (Å²) in [6.07, 6.45) is 3.70. The summed E-state index contributed by atoms with van der Waals surface area (Å²) >= 11 is 0. The molecule has 1 unspecified atom stereocenters. The smallest absolute Gasteiger partial charge is 0.238 e. The van der Waals surface area contributed by atoms with Gasteiger partial charge in [-0.1, -0.05) is 6.42 Å². The van der Waals surface area contributed by atoms with E-state index in [0.29, 0.717) is 18.3 Å². The summed E-state index contributed by atoms with van der Waals surface area (Å²) < 4.78 is 36.2. The van der Waals surface area contributed by atoms with E-state index in [1.807, 2.05) is 0 Å². The van der Waals surface area contributed by atoms with Crippen LogP contribution < -0.4 is 10.5 Å². The molecule has 1 aromatic rings. The van der Waals surface area contributed by atoms with E-state index in [1.165, 1.54) is 31.4 Å².